The number of amidine groups is 1. The third-order valence-corrected chi connectivity index (χ3v) is 3.03. The Morgan fingerprint density at radius 1 is 1.50 bits per heavy atom. The van der Waals surface area contributed by atoms with E-state index in [1.165, 1.54) is 12.1 Å². The number of nitrogens with zero attached hydrogens (tertiary/aromatic N) is 1. The van der Waals surface area contributed by atoms with Crippen molar-refractivity contribution in [2.24, 2.45) is 16.7 Å². The second-order valence-corrected chi connectivity index (χ2v) is 4.59. The number of carbonyl (C=O) groups is 1. The van der Waals surface area contributed by atoms with E-state index in [2.05, 4.69) is 10.4 Å². The number of rotatable bonds is 4. The van der Waals surface area contributed by atoms with Crippen molar-refractivity contribution in [2.75, 3.05) is 5.75 Å². The summed E-state index contributed by atoms with van der Waals surface area (Å²) in [6.45, 7) is 1.82. The van der Waals surface area contributed by atoms with Crippen LogP contribution in [0.4, 0.5) is 4.39 Å². The van der Waals surface area contributed by atoms with Crippen LogP contribution in [0.1, 0.15) is 18.5 Å². The van der Waals surface area contributed by atoms with Gasteiger partial charge in [-0.1, -0.05) is 23.9 Å². The van der Waals surface area contributed by atoms with Gasteiger partial charge in [-0.05, 0) is 24.6 Å². The molecule has 1 rings (SSSR count). The van der Waals surface area contributed by atoms with Crippen molar-refractivity contribution in [3.63, 3.8) is 0 Å². The molecule has 0 aromatic heterocycles. The maximum atomic E-state index is 12.7. The summed E-state index contributed by atoms with van der Waals surface area (Å²) in [6, 6.07) is 5.76. The second-order valence-electron chi connectivity index (χ2n) is 3.60. The Morgan fingerprint density at radius 3 is 2.67 bits per heavy atom. The third-order valence-electron chi connectivity index (χ3n) is 2.23. The number of carbonyl (C=O) groups excluding carboxylic acids is 1. The number of hydrogen-bond donors (Lipinski definition) is 3. The summed E-state index contributed by atoms with van der Waals surface area (Å²) in [5.41, 5.74) is 6.18. The van der Waals surface area contributed by atoms with Crippen LogP contribution in [0.3, 0.4) is 0 Å². The van der Waals surface area contributed by atoms with E-state index in [1.807, 2.05) is 6.92 Å². The molecule has 1 atom stereocenters. The van der Waals surface area contributed by atoms with Gasteiger partial charge >= 0.3 is 0 Å². The molecule has 7 heteroatoms. The van der Waals surface area contributed by atoms with E-state index in [-0.39, 0.29) is 28.7 Å². The van der Waals surface area contributed by atoms with Gasteiger partial charge in [-0.2, -0.15) is 5.10 Å². The Balaban J connectivity index is 2.47. The monoisotopic (exact) mass is 270 g/mol. The lowest BCUT2D eigenvalue weighted by Gasteiger charge is -2.14. The average Bonchev–Trinajstić information content (AvgIpc) is 2.36. The number of nitrogens with two attached hydrogens (primary N) is 2. The summed E-state index contributed by atoms with van der Waals surface area (Å²) in [6.07, 6.45) is 0. The lowest BCUT2D eigenvalue weighted by molar-refractivity contribution is -0.119. The normalized spacial score (nSPS) is 13.1. The van der Waals surface area contributed by atoms with E-state index >= 15 is 0 Å². The van der Waals surface area contributed by atoms with Crippen molar-refractivity contribution in [2.45, 2.75) is 13.0 Å². The van der Waals surface area contributed by atoms with E-state index < -0.39 is 0 Å². The quantitative estimate of drug-likeness (QED) is 0.328. The number of hydrazone groups is 1. The van der Waals surface area contributed by atoms with Crippen LogP contribution in [0.15, 0.2) is 29.4 Å². The lowest BCUT2D eigenvalue weighted by Crippen LogP contribution is -2.29. The van der Waals surface area contributed by atoms with Gasteiger partial charge in [-0.3, -0.25) is 4.79 Å². The zero-order chi connectivity index (χ0) is 13.5. The molecule has 0 radical (unpaired) electrons. The highest BCUT2D eigenvalue weighted by Gasteiger charge is 2.10. The molecule has 0 aliphatic carbocycles. The van der Waals surface area contributed by atoms with E-state index in [0.717, 1.165) is 17.3 Å². The predicted octanol–water partition coefficient (Wildman–Crippen LogP) is 0.925. The van der Waals surface area contributed by atoms with Gasteiger partial charge < -0.3 is 16.9 Å². The van der Waals surface area contributed by atoms with Crippen LogP contribution in [0.5, 0.6) is 0 Å². The van der Waals surface area contributed by atoms with Crippen molar-refractivity contribution in [1.29, 1.82) is 0 Å². The summed E-state index contributed by atoms with van der Waals surface area (Å²) < 4.78 is 12.7. The Bertz CT molecular complexity index is 435. The molecule has 1 unspecified atom stereocenters. The molecule has 0 bridgehead atoms. The van der Waals surface area contributed by atoms with Crippen LogP contribution in [0.2, 0.25) is 0 Å². The summed E-state index contributed by atoms with van der Waals surface area (Å²) in [5, 5.41) is 6.16. The first-order valence-corrected chi connectivity index (χ1v) is 6.22. The van der Waals surface area contributed by atoms with Gasteiger partial charge in [0.15, 0.2) is 5.17 Å². The number of benzene rings is 1. The molecule has 0 spiro atoms. The fourth-order valence-electron chi connectivity index (χ4n) is 1.29. The minimum atomic E-state index is -0.306. The molecule has 0 saturated carbocycles. The summed E-state index contributed by atoms with van der Waals surface area (Å²) in [7, 11) is 0. The highest BCUT2D eigenvalue weighted by Crippen LogP contribution is 2.13. The Hall–Kier alpha value is -1.76. The van der Waals surface area contributed by atoms with Gasteiger partial charge in [0.05, 0.1) is 11.8 Å². The molecule has 5 nitrogen and oxygen atoms in total. The first-order chi connectivity index (χ1) is 8.52. The van der Waals surface area contributed by atoms with Gasteiger partial charge in [0.25, 0.3) is 0 Å². The van der Waals surface area contributed by atoms with Crippen LogP contribution in [0, 0.1) is 5.82 Å². The molecular weight excluding hydrogens is 255 g/mol. The van der Waals surface area contributed by atoms with Crippen LogP contribution in [-0.2, 0) is 4.79 Å². The SMILES string of the molecule is CC(NC(=O)CSC(N)=NN)c1ccc(F)cc1. The second kappa shape index (κ2) is 6.85. The molecule has 5 N–H and O–H groups in total. The van der Waals surface area contributed by atoms with Crippen molar-refractivity contribution in [1.82, 2.24) is 5.32 Å². The Labute approximate surface area is 109 Å². The van der Waals surface area contributed by atoms with Crippen LogP contribution in [0.25, 0.3) is 0 Å². The highest BCUT2D eigenvalue weighted by atomic mass is 32.2. The fourth-order valence-corrected chi connectivity index (χ4v) is 1.73. The molecule has 18 heavy (non-hydrogen) atoms. The summed E-state index contributed by atoms with van der Waals surface area (Å²) in [5.74, 6) is 4.58. The molecule has 0 aliphatic heterocycles. The highest BCUT2D eigenvalue weighted by molar-refractivity contribution is 8.14. The van der Waals surface area contributed by atoms with Crippen LogP contribution in [-0.4, -0.2) is 16.8 Å². The topological polar surface area (TPSA) is 93.5 Å². The van der Waals surface area contributed by atoms with Crippen LogP contribution >= 0.6 is 11.8 Å². The molecule has 0 heterocycles. The fraction of sp³-hybridized carbons (Fsp3) is 0.273. The standard InChI is InChI=1S/C11H15FN4OS/c1-7(8-2-4-9(12)5-3-8)15-10(17)6-18-11(13)16-14/h2-5,7H,6,14H2,1H3,(H2,13,16)(H,15,17). The molecule has 0 aliphatic rings. The summed E-state index contributed by atoms with van der Waals surface area (Å²) in [4.78, 5) is 11.6. The molecule has 1 amide bonds. The number of hydrogen-bond acceptors (Lipinski definition) is 4. The number of nitrogens with one attached hydrogen (secondary N) is 1. The minimum absolute atomic E-state index is 0.137. The zero-order valence-corrected chi connectivity index (χ0v) is 10.7. The molecule has 1 aromatic rings. The number of halogens is 1. The first kappa shape index (κ1) is 14.3. The Morgan fingerprint density at radius 2 is 2.11 bits per heavy atom. The van der Waals surface area contributed by atoms with E-state index in [9.17, 15) is 9.18 Å². The molecule has 0 fully saturated rings. The van der Waals surface area contributed by atoms with Crippen molar-refractivity contribution in [3.8, 4) is 0 Å². The molecule has 0 saturated heterocycles. The van der Waals surface area contributed by atoms with Crippen LogP contribution < -0.4 is 16.9 Å². The smallest absolute Gasteiger partial charge is 0.230 e. The average molecular weight is 270 g/mol. The Kier molecular flexibility index (Phi) is 5.44. The number of amides is 1. The maximum Gasteiger partial charge on any atom is 0.230 e. The lowest BCUT2D eigenvalue weighted by atomic mass is 10.1. The van der Waals surface area contributed by atoms with Crippen molar-refractivity contribution >= 4 is 22.8 Å². The zero-order valence-electron chi connectivity index (χ0n) is 9.89. The largest absolute Gasteiger partial charge is 0.377 e. The van der Waals surface area contributed by atoms with E-state index in [1.54, 1.807) is 12.1 Å². The molecule has 98 valence electrons. The number of thioether (sulfide) groups is 1. The molecule has 1 aromatic carbocycles. The van der Waals surface area contributed by atoms with Gasteiger partial charge in [0.2, 0.25) is 5.91 Å². The predicted molar refractivity (Wildman–Crippen MR) is 71.2 cm³/mol. The van der Waals surface area contributed by atoms with E-state index in [0.29, 0.717) is 0 Å². The van der Waals surface area contributed by atoms with E-state index in [4.69, 9.17) is 11.6 Å². The van der Waals surface area contributed by atoms with Gasteiger partial charge in [-0.25, -0.2) is 4.39 Å². The first-order valence-electron chi connectivity index (χ1n) is 5.24. The van der Waals surface area contributed by atoms with Gasteiger partial charge in [0.1, 0.15) is 5.82 Å². The summed E-state index contributed by atoms with van der Waals surface area (Å²) >= 11 is 1.05. The third kappa shape index (κ3) is 4.62. The van der Waals surface area contributed by atoms with Crippen molar-refractivity contribution in [3.05, 3.63) is 35.6 Å². The minimum Gasteiger partial charge on any atom is -0.377 e. The van der Waals surface area contributed by atoms with Crippen molar-refractivity contribution < 1.29 is 9.18 Å². The van der Waals surface area contributed by atoms with Gasteiger partial charge in [-0.15, -0.1) is 0 Å². The maximum absolute atomic E-state index is 12.7. The van der Waals surface area contributed by atoms with Gasteiger partial charge in [0, 0.05) is 0 Å². The molecular formula is C11H15FN4OS.